The van der Waals surface area contributed by atoms with Crippen LogP contribution in [0.1, 0.15) is 49.2 Å². The maximum atomic E-state index is 15.2. The Morgan fingerprint density at radius 3 is 2.52 bits per heavy atom. The van der Waals surface area contributed by atoms with Gasteiger partial charge in [0.05, 0.1) is 28.9 Å². The zero-order valence-corrected chi connectivity index (χ0v) is 25.6. The Morgan fingerprint density at radius 2 is 1.85 bits per heavy atom. The van der Waals surface area contributed by atoms with Gasteiger partial charge in [-0.05, 0) is 74.4 Å². The van der Waals surface area contributed by atoms with Crippen LogP contribution >= 0.6 is 0 Å². The van der Waals surface area contributed by atoms with Gasteiger partial charge in [-0.3, -0.25) is 9.69 Å². The van der Waals surface area contributed by atoms with Gasteiger partial charge in [0.25, 0.3) is 5.91 Å². The number of aliphatic hydroxyl groups excluding tert-OH is 1. The first-order valence-corrected chi connectivity index (χ1v) is 16.4. The van der Waals surface area contributed by atoms with E-state index in [2.05, 4.69) is 54.8 Å². The molecule has 4 N–H and O–H groups in total. The van der Waals surface area contributed by atoms with E-state index in [-0.39, 0.29) is 22.2 Å². The van der Waals surface area contributed by atoms with Crippen molar-refractivity contribution in [3.8, 4) is 5.75 Å². The van der Waals surface area contributed by atoms with Crippen LogP contribution in [-0.4, -0.2) is 48.9 Å². The molecule has 1 aliphatic rings. The van der Waals surface area contributed by atoms with E-state index in [0.717, 1.165) is 5.56 Å². The third-order valence-electron chi connectivity index (χ3n) is 7.50. The Labute approximate surface area is 237 Å². The van der Waals surface area contributed by atoms with Gasteiger partial charge in [-0.25, -0.2) is 9.37 Å². The highest BCUT2D eigenvalue weighted by Gasteiger charge is 2.39. The fourth-order valence-electron chi connectivity index (χ4n) is 4.36. The molecule has 0 saturated heterocycles. The predicted molar refractivity (Wildman–Crippen MR) is 162 cm³/mol. The average Bonchev–Trinajstić information content (AvgIpc) is 2.96. The molecule has 2 heterocycles. The summed E-state index contributed by atoms with van der Waals surface area (Å²) in [5, 5.41) is 19.0. The highest BCUT2D eigenvalue weighted by Crippen LogP contribution is 2.40. The molecular formula is C30H40FN5O3Si. The third kappa shape index (κ3) is 6.46. The second kappa shape index (κ2) is 11.2. The van der Waals surface area contributed by atoms with Crippen LogP contribution in [0.4, 0.5) is 33.0 Å². The molecule has 1 amide bonds. The molecule has 1 aliphatic heterocycles. The maximum Gasteiger partial charge on any atom is 0.261 e. The van der Waals surface area contributed by atoms with Crippen LogP contribution in [0.25, 0.3) is 0 Å². The minimum absolute atomic E-state index is 0.0187. The molecule has 10 heteroatoms. The third-order valence-corrected chi connectivity index (χ3v) is 11.8. The minimum Gasteiger partial charge on any atom is -0.543 e. The van der Waals surface area contributed by atoms with Gasteiger partial charge >= 0.3 is 0 Å². The molecule has 0 saturated carbocycles. The van der Waals surface area contributed by atoms with Crippen molar-refractivity contribution in [2.75, 3.05) is 29.5 Å². The lowest BCUT2D eigenvalue weighted by molar-refractivity contribution is 0.102. The molecule has 1 atom stereocenters. The number of rotatable bonds is 8. The quantitative estimate of drug-likeness (QED) is 0.224. The highest BCUT2D eigenvalue weighted by atomic mass is 28.4. The average molecular weight is 566 g/mol. The van der Waals surface area contributed by atoms with Crippen LogP contribution < -0.4 is 20.4 Å². The highest BCUT2D eigenvalue weighted by molar-refractivity contribution is 6.74. The fraction of sp³-hybridized carbons (Fsp3) is 0.400. The lowest BCUT2D eigenvalue weighted by Gasteiger charge is -2.37. The van der Waals surface area contributed by atoms with Crippen molar-refractivity contribution in [3.63, 3.8) is 0 Å². The largest absolute Gasteiger partial charge is 0.543 e. The molecule has 4 rings (SSSR count). The molecule has 0 fully saturated rings. The number of aromatic nitrogens is 1. The van der Waals surface area contributed by atoms with Crippen molar-refractivity contribution in [2.45, 2.75) is 65.4 Å². The van der Waals surface area contributed by atoms with Gasteiger partial charge in [0.2, 0.25) is 8.32 Å². The summed E-state index contributed by atoms with van der Waals surface area (Å²) < 4.78 is 21.7. The van der Waals surface area contributed by atoms with Gasteiger partial charge in [0.15, 0.2) is 0 Å². The number of nitrogens with zero attached hydrogens (tertiary/aromatic N) is 2. The molecule has 0 radical (unpaired) electrons. The molecule has 40 heavy (non-hydrogen) atoms. The number of aliphatic hydroxyl groups is 1. The number of carbonyl (C=O) groups is 1. The standard InChI is InChI=1S/C30H40FN5O3Si/c1-18-13-21(31)24(15-26(18)39-40(7,8)30(3,4)5)33-23-11-12-32-28-27(23)29(38)35-25-14-20(9-10-22(25)34-28)17-36(6)16-19(2)37/h9-15,19,37H,16-17H2,1-8H3,(H,35,38)(H2,32,33,34)/t19-/m1/s1. The van der Waals surface area contributed by atoms with Crippen LogP contribution in [-0.2, 0) is 6.54 Å². The summed E-state index contributed by atoms with van der Waals surface area (Å²) in [6.45, 7) is 15.5. The first-order chi connectivity index (χ1) is 18.6. The molecule has 2 aromatic carbocycles. The van der Waals surface area contributed by atoms with E-state index in [4.69, 9.17) is 4.43 Å². The maximum absolute atomic E-state index is 15.2. The summed E-state index contributed by atoms with van der Waals surface area (Å²) in [7, 11) is -0.230. The topological polar surface area (TPSA) is 98.8 Å². The molecule has 3 aromatic rings. The number of hydrogen-bond acceptors (Lipinski definition) is 7. The van der Waals surface area contributed by atoms with E-state index >= 15 is 4.39 Å². The first-order valence-electron chi connectivity index (χ1n) is 13.5. The number of anilines is 5. The molecule has 0 bridgehead atoms. The van der Waals surface area contributed by atoms with Crippen molar-refractivity contribution in [1.29, 1.82) is 0 Å². The molecule has 0 spiro atoms. The molecule has 8 nitrogen and oxygen atoms in total. The Bertz CT molecular complexity index is 1420. The van der Waals surface area contributed by atoms with E-state index in [1.165, 1.54) is 6.07 Å². The van der Waals surface area contributed by atoms with Crippen LogP contribution in [0.2, 0.25) is 18.1 Å². The van der Waals surface area contributed by atoms with Crippen molar-refractivity contribution in [3.05, 3.63) is 65.1 Å². The number of pyridine rings is 1. The van der Waals surface area contributed by atoms with E-state index < -0.39 is 20.2 Å². The van der Waals surface area contributed by atoms with Crippen LogP contribution in [0.5, 0.6) is 5.75 Å². The second-order valence-corrected chi connectivity index (χ2v) is 16.9. The summed E-state index contributed by atoms with van der Waals surface area (Å²) in [5.74, 6) is 0.183. The second-order valence-electron chi connectivity index (χ2n) is 12.2. The number of hydrogen-bond donors (Lipinski definition) is 4. The Kier molecular flexibility index (Phi) is 8.25. The number of likely N-dealkylation sites (N-methyl/N-ethyl adjacent to an activating group) is 1. The van der Waals surface area contributed by atoms with Gasteiger partial charge < -0.3 is 25.5 Å². The Balaban J connectivity index is 1.63. The van der Waals surface area contributed by atoms with Crippen LogP contribution in [0.15, 0.2) is 42.6 Å². The molecular weight excluding hydrogens is 525 g/mol. The lowest BCUT2D eigenvalue weighted by Crippen LogP contribution is -2.44. The summed E-state index contributed by atoms with van der Waals surface area (Å²) in [6.07, 6.45) is 1.14. The summed E-state index contributed by atoms with van der Waals surface area (Å²) in [5.41, 5.74) is 3.92. The van der Waals surface area contributed by atoms with Crippen LogP contribution in [0.3, 0.4) is 0 Å². The number of fused-ring (bicyclic) bond motifs is 2. The zero-order chi connectivity index (χ0) is 29.4. The smallest absolute Gasteiger partial charge is 0.261 e. The van der Waals surface area contributed by atoms with Gasteiger partial charge in [0, 0.05) is 25.4 Å². The van der Waals surface area contributed by atoms with Gasteiger partial charge in [-0.2, -0.15) is 0 Å². The number of amides is 1. The van der Waals surface area contributed by atoms with Crippen molar-refractivity contribution < 1.29 is 18.7 Å². The van der Waals surface area contributed by atoms with Crippen molar-refractivity contribution in [2.24, 2.45) is 0 Å². The van der Waals surface area contributed by atoms with E-state index in [0.29, 0.717) is 47.3 Å². The number of halogens is 1. The molecule has 0 aliphatic carbocycles. The molecule has 0 unspecified atom stereocenters. The number of nitrogens with one attached hydrogen (secondary N) is 3. The van der Waals surface area contributed by atoms with Crippen LogP contribution in [0, 0.1) is 12.7 Å². The number of carbonyl (C=O) groups excluding carboxylic acids is 1. The number of benzene rings is 2. The van der Waals surface area contributed by atoms with E-state index in [1.807, 2.05) is 37.1 Å². The minimum atomic E-state index is -2.16. The van der Waals surface area contributed by atoms with Crippen molar-refractivity contribution >= 4 is 42.8 Å². The predicted octanol–water partition coefficient (Wildman–Crippen LogP) is 6.78. The van der Waals surface area contributed by atoms with Gasteiger partial charge in [0.1, 0.15) is 22.9 Å². The normalized spacial score (nSPS) is 14.0. The molecule has 214 valence electrons. The zero-order valence-electron chi connectivity index (χ0n) is 24.6. The SMILES string of the molecule is Cc1cc(F)c(Nc2ccnc3c2C(=O)Nc2cc(CN(C)C[C@@H](C)O)ccc2N3)cc1O[Si](C)(C)C(C)(C)C. The Hall–Kier alpha value is -3.47. The fourth-order valence-corrected chi connectivity index (χ4v) is 5.44. The van der Waals surface area contributed by atoms with Crippen molar-refractivity contribution in [1.82, 2.24) is 9.88 Å². The van der Waals surface area contributed by atoms with Gasteiger partial charge in [-0.1, -0.05) is 26.8 Å². The monoisotopic (exact) mass is 565 g/mol. The summed E-state index contributed by atoms with van der Waals surface area (Å²) in [4.78, 5) is 19.9. The van der Waals surface area contributed by atoms with E-state index in [9.17, 15) is 9.90 Å². The summed E-state index contributed by atoms with van der Waals surface area (Å²) in [6, 6.07) is 10.5. The molecule has 1 aromatic heterocycles. The lowest BCUT2D eigenvalue weighted by atomic mass is 10.1. The van der Waals surface area contributed by atoms with E-state index in [1.54, 1.807) is 25.3 Å². The summed E-state index contributed by atoms with van der Waals surface area (Å²) >= 11 is 0. The first kappa shape index (κ1) is 29.5. The Morgan fingerprint density at radius 1 is 1.12 bits per heavy atom. The number of aryl methyl sites for hydroxylation is 1. The van der Waals surface area contributed by atoms with Gasteiger partial charge in [-0.15, -0.1) is 0 Å².